The molecule has 98 valence electrons. The zero-order chi connectivity index (χ0) is 13.3. The van der Waals surface area contributed by atoms with Crippen LogP contribution in [0.2, 0.25) is 0 Å². The summed E-state index contributed by atoms with van der Waals surface area (Å²) in [6.45, 7) is -0.0557. The van der Waals surface area contributed by atoms with Crippen LogP contribution in [-0.4, -0.2) is 24.5 Å². The minimum atomic E-state index is -3.44. The van der Waals surface area contributed by atoms with Crippen LogP contribution in [0.3, 0.4) is 0 Å². The van der Waals surface area contributed by atoms with Gasteiger partial charge in [-0.15, -0.1) is 0 Å². The molecular formula is C11H9BrF3NO2. The van der Waals surface area contributed by atoms with Crippen molar-refractivity contribution in [2.75, 3.05) is 11.9 Å². The third kappa shape index (κ3) is 2.77. The minimum Gasteiger partial charge on any atom is -0.456 e. The first kappa shape index (κ1) is 13.2. The molecule has 1 aromatic carbocycles. The number of hydrogen-bond donors (Lipinski definition) is 1. The number of esters is 1. The average Bonchev–Trinajstić information content (AvgIpc) is 2.51. The van der Waals surface area contributed by atoms with Crippen molar-refractivity contribution in [1.29, 1.82) is 0 Å². The Morgan fingerprint density at radius 1 is 1.50 bits per heavy atom. The number of rotatable bonds is 3. The van der Waals surface area contributed by atoms with Gasteiger partial charge in [-0.2, -0.15) is 8.78 Å². The Balaban J connectivity index is 1.95. The van der Waals surface area contributed by atoms with E-state index in [1.165, 1.54) is 12.1 Å². The lowest BCUT2D eigenvalue weighted by atomic mass is 10.2. The molecule has 0 aromatic heterocycles. The van der Waals surface area contributed by atoms with Crippen LogP contribution in [0.4, 0.5) is 18.9 Å². The molecule has 0 amide bonds. The maximum absolute atomic E-state index is 13.4. The fourth-order valence-electron chi connectivity index (χ4n) is 1.62. The Labute approximate surface area is 109 Å². The highest BCUT2D eigenvalue weighted by molar-refractivity contribution is 9.10. The third-order valence-electron chi connectivity index (χ3n) is 2.51. The van der Waals surface area contributed by atoms with Gasteiger partial charge >= 0.3 is 11.9 Å². The van der Waals surface area contributed by atoms with E-state index >= 15 is 0 Å². The molecule has 0 spiro atoms. The molecule has 1 fully saturated rings. The minimum absolute atomic E-state index is 0.0557. The first-order chi connectivity index (χ1) is 8.38. The van der Waals surface area contributed by atoms with Gasteiger partial charge in [0.05, 0.1) is 18.7 Å². The number of anilines is 1. The SMILES string of the molecule is O=C1OC(CNc2ccc(Br)cc2F)CC1(F)F. The molecular weight excluding hydrogens is 315 g/mol. The molecule has 1 atom stereocenters. The maximum Gasteiger partial charge on any atom is 0.377 e. The molecule has 0 saturated carbocycles. The molecule has 1 aliphatic rings. The Morgan fingerprint density at radius 3 is 2.78 bits per heavy atom. The van der Waals surface area contributed by atoms with Crippen LogP contribution >= 0.6 is 15.9 Å². The molecule has 2 rings (SSSR count). The molecule has 1 aliphatic heterocycles. The summed E-state index contributed by atoms with van der Waals surface area (Å²) in [5, 5.41) is 2.63. The van der Waals surface area contributed by atoms with Crippen molar-refractivity contribution < 1.29 is 22.7 Å². The van der Waals surface area contributed by atoms with Crippen molar-refractivity contribution in [3.63, 3.8) is 0 Å². The lowest BCUT2D eigenvalue weighted by molar-refractivity contribution is -0.158. The number of carbonyl (C=O) groups is 1. The van der Waals surface area contributed by atoms with Crippen LogP contribution in [0, 0.1) is 5.82 Å². The molecule has 0 radical (unpaired) electrons. The van der Waals surface area contributed by atoms with Crippen molar-refractivity contribution in [3.05, 3.63) is 28.5 Å². The van der Waals surface area contributed by atoms with E-state index in [2.05, 4.69) is 26.0 Å². The van der Waals surface area contributed by atoms with Crippen LogP contribution in [0.15, 0.2) is 22.7 Å². The summed E-state index contributed by atoms with van der Waals surface area (Å²) in [5.41, 5.74) is 0.171. The zero-order valence-corrected chi connectivity index (χ0v) is 10.6. The number of nitrogens with one attached hydrogen (secondary N) is 1. The van der Waals surface area contributed by atoms with Crippen LogP contribution in [0.25, 0.3) is 0 Å². The fraction of sp³-hybridized carbons (Fsp3) is 0.364. The van der Waals surface area contributed by atoms with Crippen molar-refractivity contribution in [2.24, 2.45) is 0 Å². The molecule has 1 aromatic rings. The number of cyclic esters (lactones) is 1. The third-order valence-corrected chi connectivity index (χ3v) is 3.00. The average molecular weight is 324 g/mol. The quantitative estimate of drug-likeness (QED) is 0.869. The van der Waals surface area contributed by atoms with Gasteiger partial charge in [-0.1, -0.05) is 15.9 Å². The molecule has 0 aliphatic carbocycles. The van der Waals surface area contributed by atoms with E-state index in [1.54, 1.807) is 6.07 Å². The van der Waals surface area contributed by atoms with E-state index in [0.717, 1.165) is 0 Å². The number of ether oxygens (including phenoxy) is 1. The molecule has 0 bridgehead atoms. The number of carbonyl (C=O) groups excluding carboxylic acids is 1. The van der Waals surface area contributed by atoms with Crippen molar-refractivity contribution in [2.45, 2.75) is 18.4 Å². The monoisotopic (exact) mass is 323 g/mol. The predicted molar refractivity (Wildman–Crippen MR) is 62.0 cm³/mol. The lowest BCUT2D eigenvalue weighted by Crippen LogP contribution is -2.22. The summed E-state index contributed by atoms with van der Waals surface area (Å²) in [6, 6.07) is 4.33. The topological polar surface area (TPSA) is 38.3 Å². The van der Waals surface area contributed by atoms with E-state index < -0.39 is 30.2 Å². The summed E-state index contributed by atoms with van der Waals surface area (Å²) in [4.78, 5) is 10.7. The smallest absolute Gasteiger partial charge is 0.377 e. The normalized spacial score (nSPS) is 21.8. The standard InChI is InChI=1S/C11H9BrF3NO2/c12-6-1-2-9(8(13)3-6)16-5-7-4-11(14,15)10(17)18-7/h1-3,7,16H,4-5H2. The lowest BCUT2D eigenvalue weighted by Gasteiger charge is -2.11. The van der Waals surface area contributed by atoms with Gasteiger partial charge in [0.15, 0.2) is 0 Å². The second-order valence-electron chi connectivity index (χ2n) is 3.94. The first-order valence-electron chi connectivity index (χ1n) is 5.16. The molecule has 18 heavy (non-hydrogen) atoms. The van der Waals surface area contributed by atoms with Gasteiger partial charge in [-0.25, -0.2) is 9.18 Å². The van der Waals surface area contributed by atoms with E-state index in [-0.39, 0.29) is 12.2 Å². The molecule has 7 heteroatoms. The van der Waals surface area contributed by atoms with Crippen molar-refractivity contribution in [3.8, 4) is 0 Å². The fourth-order valence-corrected chi connectivity index (χ4v) is 1.95. The highest BCUT2D eigenvalue weighted by atomic mass is 79.9. The van der Waals surface area contributed by atoms with Gasteiger partial charge in [-0.05, 0) is 18.2 Å². The number of halogens is 4. The molecule has 1 saturated heterocycles. The van der Waals surface area contributed by atoms with Crippen LogP contribution in [0.1, 0.15) is 6.42 Å². The largest absolute Gasteiger partial charge is 0.456 e. The second kappa shape index (κ2) is 4.79. The van der Waals surface area contributed by atoms with Gasteiger partial charge in [0.1, 0.15) is 11.9 Å². The highest BCUT2D eigenvalue weighted by Gasteiger charge is 2.50. The Morgan fingerprint density at radius 2 is 2.22 bits per heavy atom. The first-order valence-corrected chi connectivity index (χ1v) is 5.95. The summed E-state index contributed by atoms with van der Waals surface area (Å²) in [7, 11) is 0. The second-order valence-corrected chi connectivity index (χ2v) is 4.86. The highest BCUT2D eigenvalue weighted by Crippen LogP contribution is 2.31. The summed E-state index contributed by atoms with van der Waals surface area (Å²) in [5.74, 6) is -5.48. The molecule has 1 N–H and O–H groups in total. The van der Waals surface area contributed by atoms with Gasteiger partial charge in [-0.3, -0.25) is 0 Å². The van der Waals surface area contributed by atoms with Crippen molar-refractivity contribution >= 4 is 27.6 Å². The van der Waals surface area contributed by atoms with Crippen LogP contribution in [0.5, 0.6) is 0 Å². The van der Waals surface area contributed by atoms with E-state index in [4.69, 9.17) is 0 Å². The van der Waals surface area contributed by atoms with E-state index in [1.807, 2.05) is 0 Å². The number of hydrogen-bond acceptors (Lipinski definition) is 3. The van der Waals surface area contributed by atoms with Gasteiger partial charge < -0.3 is 10.1 Å². The van der Waals surface area contributed by atoms with Crippen LogP contribution < -0.4 is 5.32 Å². The van der Waals surface area contributed by atoms with E-state index in [9.17, 15) is 18.0 Å². The Kier molecular flexibility index (Phi) is 3.52. The number of benzene rings is 1. The molecule has 1 unspecified atom stereocenters. The van der Waals surface area contributed by atoms with Crippen molar-refractivity contribution in [1.82, 2.24) is 0 Å². The van der Waals surface area contributed by atoms with Gasteiger partial charge in [0.2, 0.25) is 0 Å². The molecule has 3 nitrogen and oxygen atoms in total. The van der Waals surface area contributed by atoms with Gasteiger partial charge in [0, 0.05) is 4.47 Å². The van der Waals surface area contributed by atoms with Gasteiger partial charge in [0.25, 0.3) is 0 Å². The Bertz CT molecular complexity index is 481. The maximum atomic E-state index is 13.4. The summed E-state index contributed by atoms with van der Waals surface area (Å²) in [6.07, 6.45) is -1.63. The number of alkyl halides is 2. The molecule has 1 heterocycles. The summed E-state index contributed by atoms with van der Waals surface area (Å²) < 4.78 is 44.2. The van der Waals surface area contributed by atoms with E-state index in [0.29, 0.717) is 4.47 Å². The van der Waals surface area contributed by atoms with Crippen LogP contribution in [-0.2, 0) is 9.53 Å². The Hall–Kier alpha value is -1.24. The summed E-state index contributed by atoms with van der Waals surface area (Å²) >= 11 is 3.10. The zero-order valence-electron chi connectivity index (χ0n) is 9.05. The predicted octanol–water partition coefficient (Wildman–Crippen LogP) is 2.95.